The zero-order valence-electron chi connectivity index (χ0n) is 9.63. The van der Waals surface area contributed by atoms with E-state index >= 15 is 0 Å². The fourth-order valence-corrected chi connectivity index (χ4v) is 2.70. The van der Waals surface area contributed by atoms with Crippen molar-refractivity contribution in [1.29, 1.82) is 0 Å². The van der Waals surface area contributed by atoms with Gasteiger partial charge in [0.15, 0.2) is 0 Å². The van der Waals surface area contributed by atoms with Crippen molar-refractivity contribution in [2.24, 2.45) is 11.8 Å². The largest absolute Gasteiger partial charge is 0.319 e. The van der Waals surface area contributed by atoms with Crippen molar-refractivity contribution in [2.45, 2.75) is 38.6 Å². The van der Waals surface area contributed by atoms with Gasteiger partial charge in [0.2, 0.25) is 0 Å². The predicted molar refractivity (Wildman–Crippen MR) is 60.4 cm³/mol. The highest BCUT2D eigenvalue weighted by atomic mass is 15.2. The van der Waals surface area contributed by atoms with E-state index in [1.54, 1.807) is 0 Å². The van der Waals surface area contributed by atoms with E-state index in [-0.39, 0.29) is 0 Å². The summed E-state index contributed by atoms with van der Waals surface area (Å²) in [5.41, 5.74) is 0. The lowest BCUT2D eigenvalue weighted by molar-refractivity contribution is 0.230. The summed E-state index contributed by atoms with van der Waals surface area (Å²) in [6.45, 7) is 6.28. The van der Waals surface area contributed by atoms with Crippen LogP contribution in [0.1, 0.15) is 32.6 Å². The Bertz CT molecular complexity index is 177. The molecule has 2 unspecified atom stereocenters. The maximum absolute atomic E-state index is 3.30. The van der Waals surface area contributed by atoms with Crippen molar-refractivity contribution in [3.63, 3.8) is 0 Å². The second-order valence-corrected chi connectivity index (χ2v) is 5.24. The number of hydrogen-bond donors (Lipinski definition) is 1. The molecule has 2 aliphatic rings. The number of likely N-dealkylation sites (tertiary alicyclic amines) is 1. The van der Waals surface area contributed by atoms with Gasteiger partial charge in [-0.1, -0.05) is 12.8 Å². The molecule has 14 heavy (non-hydrogen) atoms. The molecule has 2 rings (SSSR count). The van der Waals surface area contributed by atoms with Gasteiger partial charge < -0.3 is 10.2 Å². The first-order valence-corrected chi connectivity index (χ1v) is 6.18. The molecule has 2 fully saturated rings. The van der Waals surface area contributed by atoms with Crippen LogP contribution in [-0.4, -0.2) is 37.6 Å². The van der Waals surface area contributed by atoms with Crippen LogP contribution in [0.2, 0.25) is 0 Å². The van der Waals surface area contributed by atoms with Crippen molar-refractivity contribution in [1.82, 2.24) is 10.2 Å². The third kappa shape index (κ3) is 2.71. The van der Waals surface area contributed by atoms with Crippen LogP contribution >= 0.6 is 0 Å². The zero-order chi connectivity index (χ0) is 9.97. The summed E-state index contributed by atoms with van der Waals surface area (Å²) in [6.07, 6.45) is 5.85. The second-order valence-electron chi connectivity index (χ2n) is 5.24. The van der Waals surface area contributed by atoms with Crippen LogP contribution in [0.25, 0.3) is 0 Å². The molecule has 0 bridgehead atoms. The lowest BCUT2D eigenvalue weighted by Crippen LogP contribution is -2.32. The lowest BCUT2D eigenvalue weighted by Gasteiger charge is -2.24. The SMILES string of the molecule is CNCC1CCN(C(C)CC2CC2)C1. The topological polar surface area (TPSA) is 15.3 Å². The highest BCUT2D eigenvalue weighted by Crippen LogP contribution is 2.35. The molecule has 2 heteroatoms. The lowest BCUT2D eigenvalue weighted by atomic mass is 10.1. The minimum atomic E-state index is 0.837. The van der Waals surface area contributed by atoms with Gasteiger partial charge in [-0.05, 0) is 51.7 Å². The minimum Gasteiger partial charge on any atom is -0.319 e. The molecule has 1 N–H and O–H groups in total. The minimum absolute atomic E-state index is 0.837. The first-order chi connectivity index (χ1) is 6.79. The van der Waals surface area contributed by atoms with Gasteiger partial charge in [0.05, 0.1) is 0 Å². The molecule has 2 nitrogen and oxygen atoms in total. The standard InChI is InChI=1S/C12H24N2/c1-10(7-11-3-4-11)14-6-5-12(9-14)8-13-2/h10-13H,3-9H2,1-2H3. The summed E-state index contributed by atoms with van der Waals surface area (Å²) >= 11 is 0. The molecule has 1 aliphatic carbocycles. The van der Waals surface area contributed by atoms with E-state index in [1.165, 1.54) is 45.3 Å². The summed E-state index contributed by atoms with van der Waals surface area (Å²) in [4.78, 5) is 2.69. The number of nitrogens with zero attached hydrogens (tertiary/aromatic N) is 1. The summed E-state index contributed by atoms with van der Waals surface area (Å²) in [5, 5.41) is 3.30. The molecule has 82 valence electrons. The van der Waals surface area contributed by atoms with Crippen molar-refractivity contribution in [3.05, 3.63) is 0 Å². The quantitative estimate of drug-likeness (QED) is 0.720. The van der Waals surface area contributed by atoms with Gasteiger partial charge >= 0.3 is 0 Å². The van der Waals surface area contributed by atoms with Gasteiger partial charge in [-0.15, -0.1) is 0 Å². The summed E-state index contributed by atoms with van der Waals surface area (Å²) in [6, 6.07) is 0.837. The Hall–Kier alpha value is -0.0800. The first-order valence-electron chi connectivity index (χ1n) is 6.18. The molecule has 1 saturated carbocycles. The zero-order valence-corrected chi connectivity index (χ0v) is 9.63. The van der Waals surface area contributed by atoms with Crippen LogP contribution in [0.4, 0.5) is 0 Å². The highest BCUT2D eigenvalue weighted by molar-refractivity contribution is 4.84. The Balaban J connectivity index is 1.70. The average Bonchev–Trinajstić information content (AvgIpc) is 2.83. The van der Waals surface area contributed by atoms with Gasteiger partial charge in [-0.3, -0.25) is 0 Å². The maximum atomic E-state index is 3.30. The van der Waals surface area contributed by atoms with Gasteiger partial charge in [0.1, 0.15) is 0 Å². The van der Waals surface area contributed by atoms with Crippen LogP contribution in [0.3, 0.4) is 0 Å². The molecule has 0 spiro atoms. The molecule has 0 aromatic carbocycles. The van der Waals surface area contributed by atoms with Crippen LogP contribution in [0.15, 0.2) is 0 Å². The van der Waals surface area contributed by atoms with Crippen LogP contribution in [-0.2, 0) is 0 Å². The van der Waals surface area contributed by atoms with E-state index in [0.717, 1.165) is 17.9 Å². The molecule has 1 aliphatic heterocycles. The van der Waals surface area contributed by atoms with E-state index in [2.05, 4.69) is 24.2 Å². The Kier molecular flexibility index (Phi) is 3.45. The summed E-state index contributed by atoms with van der Waals surface area (Å²) < 4.78 is 0. The van der Waals surface area contributed by atoms with E-state index < -0.39 is 0 Å². The van der Waals surface area contributed by atoms with Gasteiger partial charge in [-0.2, -0.15) is 0 Å². The summed E-state index contributed by atoms with van der Waals surface area (Å²) in [5.74, 6) is 1.98. The van der Waals surface area contributed by atoms with Crippen molar-refractivity contribution in [2.75, 3.05) is 26.7 Å². The molecule has 0 aromatic rings. The molecule has 0 aromatic heterocycles. The van der Waals surface area contributed by atoms with Crippen molar-refractivity contribution < 1.29 is 0 Å². The predicted octanol–water partition coefficient (Wildman–Crippen LogP) is 1.72. The smallest absolute Gasteiger partial charge is 0.00696 e. The number of hydrogen-bond acceptors (Lipinski definition) is 2. The monoisotopic (exact) mass is 196 g/mol. The molecular weight excluding hydrogens is 172 g/mol. The van der Waals surface area contributed by atoms with Crippen LogP contribution < -0.4 is 5.32 Å². The van der Waals surface area contributed by atoms with Crippen molar-refractivity contribution in [3.8, 4) is 0 Å². The molecule has 0 amide bonds. The Morgan fingerprint density at radius 1 is 1.29 bits per heavy atom. The maximum Gasteiger partial charge on any atom is 0.00696 e. The molecule has 0 radical (unpaired) electrons. The molecule has 1 saturated heterocycles. The number of rotatable bonds is 5. The van der Waals surface area contributed by atoms with E-state index in [0.29, 0.717) is 0 Å². The van der Waals surface area contributed by atoms with Crippen LogP contribution in [0.5, 0.6) is 0 Å². The normalized spacial score (nSPS) is 30.9. The van der Waals surface area contributed by atoms with E-state index in [4.69, 9.17) is 0 Å². The third-order valence-electron chi connectivity index (χ3n) is 3.80. The molecule has 1 heterocycles. The van der Waals surface area contributed by atoms with Crippen molar-refractivity contribution >= 4 is 0 Å². The van der Waals surface area contributed by atoms with Gasteiger partial charge in [0, 0.05) is 12.6 Å². The average molecular weight is 196 g/mol. The van der Waals surface area contributed by atoms with Crippen LogP contribution in [0, 0.1) is 11.8 Å². The Morgan fingerprint density at radius 2 is 2.07 bits per heavy atom. The third-order valence-corrected chi connectivity index (χ3v) is 3.80. The first kappa shape index (κ1) is 10.4. The van der Waals surface area contributed by atoms with E-state index in [9.17, 15) is 0 Å². The fourth-order valence-electron chi connectivity index (χ4n) is 2.70. The fraction of sp³-hybridized carbons (Fsp3) is 1.00. The highest BCUT2D eigenvalue weighted by Gasteiger charge is 2.30. The van der Waals surface area contributed by atoms with Gasteiger partial charge in [0.25, 0.3) is 0 Å². The Morgan fingerprint density at radius 3 is 2.71 bits per heavy atom. The summed E-state index contributed by atoms with van der Waals surface area (Å²) in [7, 11) is 2.07. The van der Waals surface area contributed by atoms with Gasteiger partial charge in [-0.25, -0.2) is 0 Å². The van der Waals surface area contributed by atoms with E-state index in [1.807, 2.05) is 0 Å². The Labute approximate surface area is 88.1 Å². The molecular formula is C12H24N2. The molecule has 2 atom stereocenters. The second kappa shape index (κ2) is 4.63. The number of nitrogens with one attached hydrogen (secondary N) is 1.